The van der Waals surface area contributed by atoms with Gasteiger partial charge in [0.2, 0.25) is 0 Å². The van der Waals surface area contributed by atoms with Crippen molar-refractivity contribution in [2.45, 2.75) is 206 Å². The zero-order valence-electron chi connectivity index (χ0n) is 28.5. The molecule has 0 aromatic heterocycles. The molecule has 1 aliphatic rings. The summed E-state index contributed by atoms with van der Waals surface area (Å²) >= 11 is 0. The van der Waals surface area contributed by atoms with Gasteiger partial charge in [-0.05, 0) is 32.1 Å². The first-order valence-electron chi connectivity index (χ1n) is 17.8. The quantitative estimate of drug-likeness (QED) is 0.0384. The third-order valence-corrected chi connectivity index (χ3v) is 8.96. The molecule has 0 spiro atoms. The summed E-state index contributed by atoms with van der Waals surface area (Å²) in [7, 11) is -4.75. The van der Waals surface area contributed by atoms with Crippen LogP contribution in [-0.4, -0.2) is 72.8 Å². The van der Waals surface area contributed by atoms with Gasteiger partial charge in [-0.3, -0.25) is 14.1 Å². The Balaban J connectivity index is 0.0000185. The van der Waals surface area contributed by atoms with Gasteiger partial charge in [-0.1, -0.05) is 142 Å². The molecule has 0 heterocycles. The molecule has 0 amide bonds. The summed E-state index contributed by atoms with van der Waals surface area (Å²) in [5.41, 5.74) is 0. The fourth-order valence-electron chi connectivity index (χ4n) is 5.93. The number of hydrogen-bond acceptors (Lipinski definition) is 7. The topological polar surface area (TPSA) is 116 Å². The van der Waals surface area contributed by atoms with Crippen LogP contribution in [0.2, 0.25) is 0 Å². The molecule has 0 aromatic rings. The van der Waals surface area contributed by atoms with Crippen molar-refractivity contribution >= 4 is 51.9 Å². The van der Waals surface area contributed by atoms with Crippen LogP contribution in [0.1, 0.15) is 187 Å². The number of esters is 2. The van der Waals surface area contributed by atoms with E-state index in [1.807, 2.05) is 0 Å². The average molecular weight is 656 g/mol. The second-order valence-corrected chi connectivity index (χ2v) is 13.6. The van der Waals surface area contributed by atoms with Crippen LogP contribution in [0.5, 0.6) is 0 Å². The zero-order chi connectivity index (χ0) is 31.6. The van der Waals surface area contributed by atoms with E-state index in [0.29, 0.717) is 19.3 Å². The van der Waals surface area contributed by atoms with E-state index < -0.39 is 34.7 Å². The van der Waals surface area contributed by atoms with Gasteiger partial charge in [-0.2, -0.15) is 8.42 Å². The van der Waals surface area contributed by atoms with Crippen LogP contribution in [0.4, 0.5) is 0 Å². The van der Waals surface area contributed by atoms with Gasteiger partial charge in [0, 0.05) is 42.4 Å². The van der Waals surface area contributed by atoms with Gasteiger partial charge in [0.05, 0.1) is 0 Å². The first kappa shape index (κ1) is 43.8. The van der Waals surface area contributed by atoms with E-state index in [1.165, 1.54) is 96.3 Å². The average Bonchev–Trinajstić information content (AvgIpc) is 2.95. The van der Waals surface area contributed by atoms with Crippen molar-refractivity contribution in [3.8, 4) is 0 Å². The maximum absolute atomic E-state index is 12.7. The normalized spacial score (nSPS) is 18.5. The van der Waals surface area contributed by atoms with Crippen molar-refractivity contribution in [1.82, 2.24) is 0 Å². The minimum absolute atomic E-state index is 0. The number of hydrogen-bond donors (Lipinski definition) is 1. The number of rotatable bonds is 28. The smallest absolute Gasteiger partial charge is 0.397 e. The second-order valence-electron chi connectivity index (χ2n) is 12.5. The molecule has 1 radical (unpaired) electrons. The van der Waals surface area contributed by atoms with Gasteiger partial charge in [0.15, 0.2) is 6.10 Å². The number of carbonyl (C=O) groups excluding carboxylic acids is 2. The summed E-state index contributed by atoms with van der Waals surface area (Å²) in [6.45, 7) is 4.46. The largest absolute Gasteiger partial charge is 0.458 e. The van der Waals surface area contributed by atoms with Gasteiger partial charge in [-0.25, -0.2) is 4.18 Å². The summed E-state index contributed by atoms with van der Waals surface area (Å²) in [5.74, 6) is -0.835. The van der Waals surface area contributed by atoms with Crippen LogP contribution < -0.4 is 0 Å². The first-order chi connectivity index (χ1) is 20.8. The third-order valence-electron chi connectivity index (χ3n) is 8.47. The molecule has 8 nitrogen and oxygen atoms in total. The predicted octanol–water partition coefficient (Wildman–Crippen LogP) is 9.20. The molecule has 0 aliphatic heterocycles. The van der Waals surface area contributed by atoms with Crippen molar-refractivity contribution in [2.75, 3.05) is 0 Å². The van der Waals surface area contributed by atoms with Gasteiger partial charge >= 0.3 is 22.3 Å². The number of ether oxygens (including phenoxy) is 2. The van der Waals surface area contributed by atoms with E-state index in [2.05, 4.69) is 13.8 Å². The molecule has 10 heteroatoms. The van der Waals surface area contributed by atoms with E-state index in [-0.39, 0.29) is 54.8 Å². The van der Waals surface area contributed by atoms with E-state index in [1.54, 1.807) is 0 Å². The molecule has 0 aromatic carbocycles. The molecule has 1 fully saturated rings. The van der Waals surface area contributed by atoms with E-state index in [0.717, 1.165) is 38.5 Å². The molecule has 1 saturated carbocycles. The Morgan fingerprint density at radius 2 is 0.909 bits per heavy atom. The monoisotopic (exact) mass is 655 g/mol. The number of unbranched alkanes of at least 4 members (excludes halogenated alkanes) is 20. The molecule has 1 rings (SSSR count). The second kappa shape index (κ2) is 29.0. The fraction of sp³-hybridized carbons (Fsp3) is 0.941. The Kier molecular flexibility index (Phi) is 28.9. The first-order valence-corrected chi connectivity index (χ1v) is 19.2. The van der Waals surface area contributed by atoms with Crippen molar-refractivity contribution in [1.29, 1.82) is 0 Å². The third kappa shape index (κ3) is 25.0. The molecule has 255 valence electrons. The molecule has 0 unspecified atom stereocenters. The molecule has 0 bridgehead atoms. The van der Waals surface area contributed by atoms with Crippen molar-refractivity contribution in [3.05, 3.63) is 0 Å². The Morgan fingerprint density at radius 1 is 0.568 bits per heavy atom. The van der Waals surface area contributed by atoms with Crippen LogP contribution in [-0.2, 0) is 33.6 Å². The van der Waals surface area contributed by atoms with Crippen LogP contribution in [0.25, 0.3) is 0 Å². The SMILES string of the molecule is CCCCCCCCCCCCCC(=O)O[C@H]1[C@@H](OC(=O)CCCCCCCCCCCCC)CCC[C@H]1OS(=O)(=O)O.[Na]. The molecular weight excluding hydrogens is 591 g/mol. The summed E-state index contributed by atoms with van der Waals surface area (Å²) in [6.07, 6.45) is 24.7. The molecular formula is C34H64NaO8S. The van der Waals surface area contributed by atoms with Gasteiger partial charge < -0.3 is 9.47 Å². The van der Waals surface area contributed by atoms with Crippen LogP contribution in [0, 0.1) is 0 Å². The molecule has 1 aliphatic carbocycles. The Bertz CT molecular complexity index is 807. The van der Waals surface area contributed by atoms with Crippen LogP contribution in [0.3, 0.4) is 0 Å². The minimum Gasteiger partial charge on any atom is -0.458 e. The standard InChI is InChI=1S/C34H64O8S.Na/c1-3-5-7-9-11-13-15-17-19-21-23-28-32(35)40-30-26-25-27-31(42-43(37,38)39)34(30)41-33(36)29-24-22-20-18-16-14-12-10-8-6-4-2;/h30-31,34H,3-29H2,1-2H3,(H,37,38,39);/t30-,31+,34-;/m0./s1. The van der Waals surface area contributed by atoms with Crippen molar-refractivity contribution < 1.29 is 36.2 Å². The van der Waals surface area contributed by atoms with E-state index >= 15 is 0 Å². The van der Waals surface area contributed by atoms with Crippen molar-refractivity contribution in [3.63, 3.8) is 0 Å². The summed E-state index contributed by atoms with van der Waals surface area (Å²) in [5, 5.41) is 0. The molecule has 1 N–H and O–H groups in total. The van der Waals surface area contributed by atoms with Crippen LogP contribution in [0.15, 0.2) is 0 Å². The van der Waals surface area contributed by atoms with Crippen molar-refractivity contribution in [2.24, 2.45) is 0 Å². The maximum atomic E-state index is 12.7. The molecule has 0 saturated heterocycles. The molecule has 3 atom stereocenters. The van der Waals surface area contributed by atoms with Gasteiger partial charge in [0.25, 0.3) is 0 Å². The Hall–Kier alpha value is -0.190. The molecule has 44 heavy (non-hydrogen) atoms. The predicted molar refractivity (Wildman–Crippen MR) is 178 cm³/mol. The minimum atomic E-state index is -4.75. The summed E-state index contributed by atoms with van der Waals surface area (Å²) in [4.78, 5) is 25.3. The zero-order valence-corrected chi connectivity index (χ0v) is 31.4. The van der Waals surface area contributed by atoms with E-state index in [4.69, 9.17) is 13.7 Å². The van der Waals surface area contributed by atoms with E-state index in [9.17, 15) is 22.6 Å². The Labute approximate surface area is 292 Å². The van der Waals surface area contributed by atoms with Gasteiger partial charge in [0.1, 0.15) is 12.2 Å². The fourth-order valence-corrected chi connectivity index (χ4v) is 6.45. The van der Waals surface area contributed by atoms with Crippen LogP contribution >= 0.6 is 0 Å². The number of carbonyl (C=O) groups is 2. The van der Waals surface area contributed by atoms with Gasteiger partial charge in [-0.15, -0.1) is 0 Å². The summed E-state index contributed by atoms with van der Waals surface area (Å²) in [6, 6.07) is 0. The maximum Gasteiger partial charge on any atom is 0.397 e. The summed E-state index contributed by atoms with van der Waals surface area (Å²) < 4.78 is 48.4. The Morgan fingerprint density at radius 3 is 1.30 bits per heavy atom.